The molecule has 0 saturated heterocycles. The highest BCUT2D eigenvalue weighted by Gasteiger charge is 2.23. The van der Waals surface area contributed by atoms with Crippen LogP contribution in [0.2, 0.25) is 5.02 Å². The molecule has 0 atom stereocenters. The van der Waals surface area contributed by atoms with E-state index in [0.29, 0.717) is 5.56 Å². The first-order valence-electron chi connectivity index (χ1n) is 10.1. The summed E-state index contributed by atoms with van der Waals surface area (Å²) in [5.74, 6) is -1.46. The number of aromatic carboxylic acids is 1. The first-order chi connectivity index (χ1) is 17.0. The van der Waals surface area contributed by atoms with E-state index in [-0.39, 0.29) is 40.1 Å². The maximum absolute atomic E-state index is 12.8. The van der Waals surface area contributed by atoms with Crippen LogP contribution in [0, 0.1) is 10.1 Å². The number of carboxylic acid groups (broad SMARTS) is 1. The second kappa shape index (κ2) is 10.9. The summed E-state index contributed by atoms with van der Waals surface area (Å²) < 4.78 is 33.0. The van der Waals surface area contributed by atoms with Gasteiger partial charge < -0.3 is 14.9 Å². The number of hydrazone groups is 1. The van der Waals surface area contributed by atoms with E-state index in [1.54, 1.807) is 6.92 Å². The lowest BCUT2D eigenvalue weighted by Gasteiger charge is -2.11. The van der Waals surface area contributed by atoms with E-state index in [1.165, 1.54) is 42.6 Å². The first-order valence-corrected chi connectivity index (χ1v) is 12.0. The number of phenolic OH excluding ortho intramolecular Hbond substituents is 1. The van der Waals surface area contributed by atoms with Gasteiger partial charge in [0.05, 0.1) is 38.9 Å². The zero-order valence-corrected chi connectivity index (χ0v) is 20.1. The van der Waals surface area contributed by atoms with Crippen molar-refractivity contribution in [3.8, 4) is 11.5 Å². The molecule has 0 unspecified atom stereocenters. The number of rotatable bonds is 10. The molecule has 3 rings (SSSR count). The van der Waals surface area contributed by atoms with Crippen LogP contribution in [0.1, 0.15) is 22.8 Å². The number of anilines is 2. The molecule has 0 aliphatic rings. The summed E-state index contributed by atoms with van der Waals surface area (Å²) in [7, 11) is -4.36. The first kappa shape index (κ1) is 26.2. The fourth-order valence-electron chi connectivity index (χ4n) is 3.00. The minimum atomic E-state index is -4.36. The standard InChI is InChI=1S/C22H19ClN4O8S/c1-2-35-20-10-13(9-16(23)21(20)28)12-24-25-18-8-7-14(11-19(18)27(31)32)36(33,34)26-17-6-4-3-5-15(17)22(29)30/h3-12,25-26,28H,2H2,1H3,(H,29,30)/b24-12+. The second-order valence-corrected chi connectivity index (χ2v) is 9.13. The van der Waals surface area contributed by atoms with Crippen molar-refractivity contribution in [3.05, 3.63) is 80.9 Å². The molecule has 0 aromatic heterocycles. The highest BCUT2D eigenvalue weighted by atomic mass is 35.5. The molecule has 14 heteroatoms. The number of benzene rings is 3. The molecule has 0 fully saturated rings. The van der Waals surface area contributed by atoms with Gasteiger partial charge in [-0.05, 0) is 48.9 Å². The number of carbonyl (C=O) groups is 1. The Bertz CT molecular complexity index is 1460. The van der Waals surface area contributed by atoms with Gasteiger partial charge in [0.1, 0.15) is 5.69 Å². The Morgan fingerprint density at radius 1 is 1.19 bits per heavy atom. The molecule has 4 N–H and O–H groups in total. The third-order valence-corrected chi connectivity index (χ3v) is 6.28. The summed E-state index contributed by atoms with van der Waals surface area (Å²) in [6.45, 7) is 2.00. The number of nitro groups is 1. The Balaban J connectivity index is 1.87. The molecular weight excluding hydrogens is 516 g/mol. The Morgan fingerprint density at radius 2 is 1.92 bits per heavy atom. The van der Waals surface area contributed by atoms with Crippen molar-refractivity contribution in [1.82, 2.24) is 0 Å². The summed E-state index contributed by atoms with van der Waals surface area (Å²) in [6, 6.07) is 11.2. The highest BCUT2D eigenvalue weighted by molar-refractivity contribution is 7.92. The van der Waals surface area contributed by atoms with E-state index in [0.717, 1.165) is 18.2 Å². The number of para-hydroxylation sites is 1. The normalized spacial score (nSPS) is 11.3. The van der Waals surface area contributed by atoms with E-state index in [9.17, 15) is 33.5 Å². The smallest absolute Gasteiger partial charge is 0.337 e. The van der Waals surface area contributed by atoms with Crippen molar-refractivity contribution >= 4 is 50.9 Å². The van der Waals surface area contributed by atoms with Crippen LogP contribution < -0.4 is 14.9 Å². The van der Waals surface area contributed by atoms with Gasteiger partial charge >= 0.3 is 5.97 Å². The van der Waals surface area contributed by atoms with Crippen molar-refractivity contribution < 1.29 is 33.1 Å². The molecule has 0 bridgehead atoms. The Labute approximate surface area is 210 Å². The predicted octanol–water partition coefficient (Wildman–Crippen LogP) is 4.30. The second-order valence-electron chi connectivity index (χ2n) is 7.04. The van der Waals surface area contributed by atoms with Gasteiger partial charge in [-0.2, -0.15) is 5.10 Å². The Kier molecular flexibility index (Phi) is 7.96. The third-order valence-electron chi connectivity index (χ3n) is 4.63. The maximum Gasteiger partial charge on any atom is 0.337 e. The minimum absolute atomic E-state index is 0.0138. The van der Waals surface area contributed by atoms with Crippen molar-refractivity contribution in [3.63, 3.8) is 0 Å². The number of halogens is 1. The van der Waals surface area contributed by atoms with Crippen LogP contribution in [-0.2, 0) is 10.0 Å². The van der Waals surface area contributed by atoms with Crippen LogP contribution in [-0.4, -0.2) is 42.3 Å². The van der Waals surface area contributed by atoms with Crippen LogP contribution in [0.4, 0.5) is 17.1 Å². The van der Waals surface area contributed by atoms with E-state index in [1.807, 2.05) is 0 Å². The van der Waals surface area contributed by atoms with Crippen molar-refractivity contribution in [2.45, 2.75) is 11.8 Å². The Morgan fingerprint density at radius 3 is 2.58 bits per heavy atom. The van der Waals surface area contributed by atoms with Crippen LogP contribution >= 0.6 is 11.6 Å². The largest absolute Gasteiger partial charge is 0.503 e. The lowest BCUT2D eigenvalue weighted by molar-refractivity contribution is -0.384. The molecular formula is C22H19ClN4O8S. The van der Waals surface area contributed by atoms with Gasteiger partial charge in [0, 0.05) is 6.07 Å². The summed E-state index contributed by atoms with van der Waals surface area (Å²) in [5.41, 5.74) is 1.69. The summed E-state index contributed by atoms with van der Waals surface area (Å²) in [6.07, 6.45) is 1.27. The molecule has 3 aromatic carbocycles. The van der Waals surface area contributed by atoms with Crippen molar-refractivity contribution in [1.29, 1.82) is 0 Å². The highest BCUT2D eigenvalue weighted by Crippen LogP contribution is 2.35. The van der Waals surface area contributed by atoms with Gasteiger partial charge in [0.2, 0.25) is 0 Å². The number of nitrogens with zero attached hydrogens (tertiary/aromatic N) is 2. The van der Waals surface area contributed by atoms with Crippen LogP contribution in [0.15, 0.2) is 64.6 Å². The zero-order valence-electron chi connectivity index (χ0n) is 18.5. The van der Waals surface area contributed by atoms with E-state index in [2.05, 4.69) is 15.2 Å². The number of nitrogens with one attached hydrogen (secondary N) is 2. The number of hydrogen-bond acceptors (Lipinski definition) is 9. The number of sulfonamides is 1. The maximum atomic E-state index is 12.8. The molecule has 0 saturated carbocycles. The number of ether oxygens (including phenoxy) is 1. The monoisotopic (exact) mass is 534 g/mol. The summed E-state index contributed by atoms with van der Waals surface area (Å²) in [5, 5.41) is 34.7. The average Bonchev–Trinajstić information content (AvgIpc) is 2.82. The molecule has 12 nitrogen and oxygen atoms in total. The predicted molar refractivity (Wildman–Crippen MR) is 133 cm³/mol. The van der Waals surface area contributed by atoms with Gasteiger partial charge in [0.25, 0.3) is 15.7 Å². The average molecular weight is 535 g/mol. The molecule has 0 aliphatic heterocycles. The van der Waals surface area contributed by atoms with Gasteiger partial charge in [-0.25, -0.2) is 13.2 Å². The third kappa shape index (κ3) is 6.00. The fourth-order valence-corrected chi connectivity index (χ4v) is 4.32. The Hall–Kier alpha value is -4.36. The van der Waals surface area contributed by atoms with Gasteiger partial charge in [-0.3, -0.25) is 20.3 Å². The van der Waals surface area contributed by atoms with Crippen LogP contribution in [0.5, 0.6) is 11.5 Å². The minimum Gasteiger partial charge on any atom is -0.503 e. The number of phenols is 1. The van der Waals surface area contributed by atoms with Gasteiger partial charge in [-0.15, -0.1) is 0 Å². The van der Waals surface area contributed by atoms with Crippen molar-refractivity contribution in [2.75, 3.05) is 16.8 Å². The molecule has 0 heterocycles. The van der Waals surface area contributed by atoms with Gasteiger partial charge in [-0.1, -0.05) is 23.7 Å². The molecule has 188 valence electrons. The van der Waals surface area contributed by atoms with E-state index in [4.69, 9.17) is 16.3 Å². The SMILES string of the molecule is CCOc1cc(/C=N/Nc2ccc(S(=O)(=O)Nc3ccccc3C(=O)O)cc2[N+](=O)[O-])cc(Cl)c1O. The van der Waals surface area contributed by atoms with Crippen molar-refractivity contribution in [2.24, 2.45) is 5.10 Å². The molecule has 0 amide bonds. The lowest BCUT2D eigenvalue weighted by Crippen LogP contribution is -2.16. The zero-order chi connectivity index (χ0) is 26.5. The van der Waals surface area contributed by atoms with E-state index < -0.39 is 31.5 Å². The topological polar surface area (TPSA) is 180 Å². The number of carboxylic acids is 1. The molecule has 0 aliphatic carbocycles. The summed E-state index contributed by atoms with van der Waals surface area (Å²) in [4.78, 5) is 21.7. The number of hydrogen-bond donors (Lipinski definition) is 4. The van der Waals surface area contributed by atoms with Crippen LogP contribution in [0.3, 0.4) is 0 Å². The molecule has 0 radical (unpaired) electrons. The van der Waals surface area contributed by atoms with Gasteiger partial charge in [0.15, 0.2) is 11.5 Å². The number of nitro benzene ring substituents is 1. The quantitative estimate of drug-likeness (QED) is 0.167. The number of aromatic hydroxyl groups is 1. The molecule has 3 aromatic rings. The molecule has 0 spiro atoms. The lowest BCUT2D eigenvalue weighted by atomic mass is 10.2. The summed E-state index contributed by atoms with van der Waals surface area (Å²) >= 11 is 5.97. The molecule has 36 heavy (non-hydrogen) atoms. The fraction of sp³-hybridized carbons (Fsp3) is 0.0909. The van der Waals surface area contributed by atoms with Crippen LogP contribution in [0.25, 0.3) is 0 Å². The van der Waals surface area contributed by atoms with E-state index >= 15 is 0 Å².